The molecule has 88 valence electrons. The van der Waals surface area contributed by atoms with Gasteiger partial charge in [-0.2, -0.15) is 0 Å². The van der Waals surface area contributed by atoms with E-state index in [0.717, 1.165) is 38.5 Å². The molecule has 0 aromatic carbocycles. The molecule has 0 heterocycles. The van der Waals surface area contributed by atoms with Crippen LogP contribution in [0.25, 0.3) is 0 Å². The molecule has 1 aliphatic rings. The highest BCUT2D eigenvalue weighted by Gasteiger charge is 2.38. The Labute approximate surface area is 93.4 Å². The van der Waals surface area contributed by atoms with E-state index in [4.69, 9.17) is 4.74 Å². The van der Waals surface area contributed by atoms with E-state index in [-0.39, 0.29) is 0 Å². The van der Waals surface area contributed by atoms with Crippen LogP contribution in [0.2, 0.25) is 0 Å². The van der Waals surface area contributed by atoms with Crippen molar-refractivity contribution in [3.63, 3.8) is 0 Å². The third kappa shape index (κ3) is 3.30. The molecule has 0 unspecified atom stereocenters. The summed E-state index contributed by atoms with van der Waals surface area (Å²) in [7, 11) is 1.70. The number of carbonyl (C=O) groups is 1. The van der Waals surface area contributed by atoms with E-state index in [1.807, 2.05) is 0 Å². The molecule has 15 heavy (non-hydrogen) atoms. The maximum atomic E-state index is 12.1. The van der Waals surface area contributed by atoms with Crippen molar-refractivity contribution in [1.29, 1.82) is 0 Å². The fraction of sp³-hybridized carbons (Fsp3) is 0.923. The predicted molar refractivity (Wildman–Crippen MR) is 62.0 cm³/mol. The zero-order valence-electron chi connectivity index (χ0n) is 10.2. The molecule has 0 saturated heterocycles. The van der Waals surface area contributed by atoms with Gasteiger partial charge >= 0.3 is 0 Å². The highest BCUT2D eigenvalue weighted by Crippen LogP contribution is 2.33. The summed E-state index contributed by atoms with van der Waals surface area (Å²) < 4.78 is 5.52. The molecule has 0 atom stereocenters. The number of ether oxygens (including phenoxy) is 1. The van der Waals surface area contributed by atoms with Crippen molar-refractivity contribution in [1.82, 2.24) is 0 Å². The van der Waals surface area contributed by atoms with Gasteiger partial charge in [0.2, 0.25) is 0 Å². The number of Topliss-reactive ketones (excluding diaryl/α,β-unsaturated/α-hetero) is 1. The van der Waals surface area contributed by atoms with Gasteiger partial charge in [0.1, 0.15) is 5.60 Å². The highest BCUT2D eigenvalue weighted by atomic mass is 16.5. The normalized spacial score (nSPS) is 20.1. The quantitative estimate of drug-likeness (QED) is 0.630. The first-order valence-corrected chi connectivity index (χ1v) is 6.33. The van der Waals surface area contributed by atoms with Crippen molar-refractivity contribution >= 4 is 5.78 Å². The molecule has 2 nitrogen and oxygen atoms in total. The van der Waals surface area contributed by atoms with Crippen LogP contribution >= 0.6 is 0 Å². The van der Waals surface area contributed by atoms with E-state index >= 15 is 0 Å². The summed E-state index contributed by atoms with van der Waals surface area (Å²) in [4.78, 5) is 12.1. The van der Waals surface area contributed by atoms with Crippen LogP contribution in [0.5, 0.6) is 0 Å². The van der Waals surface area contributed by atoms with Crippen molar-refractivity contribution in [3.8, 4) is 0 Å². The average molecular weight is 212 g/mol. The topological polar surface area (TPSA) is 26.3 Å². The first-order chi connectivity index (χ1) is 7.25. The molecule has 0 aliphatic heterocycles. The largest absolute Gasteiger partial charge is 0.370 e. The van der Waals surface area contributed by atoms with Crippen LogP contribution in [0.4, 0.5) is 0 Å². The maximum Gasteiger partial charge on any atom is 0.164 e. The van der Waals surface area contributed by atoms with E-state index < -0.39 is 5.60 Å². The standard InChI is InChI=1S/C13H24O2/c1-3-4-6-9-12(14)13(15-2)10-7-5-8-11-13/h3-11H2,1-2H3. The summed E-state index contributed by atoms with van der Waals surface area (Å²) in [6.45, 7) is 2.16. The number of carbonyl (C=O) groups excluding carboxylic acids is 1. The molecule has 2 heteroatoms. The molecule has 0 spiro atoms. The monoisotopic (exact) mass is 212 g/mol. The smallest absolute Gasteiger partial charge is 0.164 e. The third-order valence-electron chi connectivity index (χ3n) is 3.57. The van der Waals surface area contributed by atoms with Crippen LogP contribution in [0.3, 0.4) is 0 Å². The molecule has 1 saturated carbocycles. The molecule has 0 aromatic heterocycles. The number of ketones is 1. The molecule has 1 fully saturated rings. The lowest BCUT2D eigenvalue weighted by Crippen LogP contribution is -2.42. The van der Waals surface area contributed by atoms with Gasteiger partial charge in [0.05, 0.1) is 0 Å². The summed E-state index contributed by atoms with van der Waals surface area (Å²) in [5.74, 6) is 0.346. The molecule has 0 radical (unpaired) electrons. The molecule has 0 bridgehead atoms. The third-order valence-corrected chi connectivity index (χ3v) is 3.57. The zero-order chi connectivity index (χ0) is 11.1. The first kappa shape index (κ1) is 12.7. The van der Waals surface area contributed by atoms with Crippen molar-refractivity contribution in [2.24, 2.45) is 0 Å². The van der Waals surface area contributed by atoms with Crippen molar-refractivity contribution in [2.45, 2.75) is 70.3 Å². The lowest BCUT2D eigenvalue weighted by Gasteiger charge is -2.34. The van der Waals surface area contributed by atoms with E-state index in [9.17, 15) is 4.79 Å². The Morgan fingerprint density at radius 3 is 2.40 bits per heavy atom. The van der Waals surface area contributed by atoms with Crippen LogP contribution in [0.1, 0.15) is 64.7 Å². The number of hydrogen-bond acceptors (Lipinski definition) is 2. The van der Waals surface area contributed by atoms with Crippen LogP contribution in [0, 0.1) is 0 Å². The van der Waals surface area contributed by atoms with Crippen molar-refractivity contribution < 1.29 is 9.53 Å². The molecule has 1 aliphatic carbocycles. The van der Waals surface area contributed by atoms with Crippen LogP contribution in [-0.2, 0) is 9.53 Å². The van der Waals surface area contributed by atoms with Crippen molar-refractivity contribution in [3.05, 3.63) is 0 Å². The second-order valence-electron chi connectivity index (χ2n) is 4.64. The Morgan fingerprint density at radius 2 is 1.87 bits per heavy atom. The van der Waals surface area contributed by atoms with Crippen LogP contribution in [-0.4, -0.2) is 18.5 Å². The van der Waals surface area contributed by atoms with Gasteiger partial charge in [-0.15, -0.1) is 0 Å². The molecule has 1 rings (SSSR count). The van der Waals surface area contributed by atoms with Gasteiger partial charge in [-0.3, -0.25) is 4.79 Å². The molecule has 0 amide bonds. The Morgan fingerprint density at radius 1 is 1.20 bits per heavy atom. The summed E-state index contributed by atoms with van der Waals surface area (Å²) in [6, 6.07) is 0. The molecule has 0 N–H and O–H groups in total. The highest BCUT2D eigenvalue weighted by molar-refractivity contribution is 5.87. The Bertz CT molecular complexity index is 193. The number of unbranched alkanes of at least 4 members (excludes halogenated alkanes) is 2. The Balaban J connectivity index is 2.45. The first-order valence-electron chi connectivity index (χ1n) is 6.33. The number of methoxy groups -OCH3 is 1. The molecular formula is C13H24O2. The lowest BCUT2D eigenvalue weighted by molar-refractivity contribution is -0.145. The van der Waals surface area contributed by atoms with Gasteiger partial charge in [-0.25, -0.2) is 0 Å². The second kappa shape index (κ2) is 6.26. The lowest BCUT2D eigenvalue weighted by atomic mass is 9.80. The summed E-state index contributed by atoms with van der Waals surface area (Å²) in [6.07, 6.45) is 9.50. The molecular weight excluding hydrogens is 188 g/mol. The van der Waals surface area contributed by atoms with Gasteiger partial charge in [0.15, 0.2) is 5.78 Å². The van der Waals surface area contributed by atoms with Gasteiger partial charge in [-0.1, -0.05) is 39.0 Å². The van der Waals surface area contributed by atoms with Gasteiger partial charge < -0.3 is 4.74 Å². The average Bonchev–Trinajstić information content (AvgIpc) is 2.30. The van der Waals surface area contributed by atoms with Gasteiger partial charge in [0, 0.05) is 13.5 Å². The number of rotatable bonds is 6. The second-order valence-corrected chi connectivity index (χ2v) is 4.64. The zero-order valence-corrected chi connectivity index (χ0v) is 10.2. The Kier molecular flexibility index (Phi) is 5.30. The fourth-order valence-electron chi connectivity index (χ4n) is 2.48. The van der Waals surface area contributed by atoms with Crippen molar-refractivity contribution in [2.75, 3.05) is 7.11 Å². The summed E-state index contributed by atoms with van der Waals surface area (Å²) in [5.41, 5.74) is -0.411. The van der Waals surface area contributed by atoms with Crippen LogP contribution < -0.4 is 0 Å². The number of hydrogen-bond donors (Lipinski definition) is 0. The summed E-state index contributed by atoms with van der Waals surface area (Å²) in [5, 5.41) is 0. The molecule has 0 aromatic rings. The van der Waals surface area contributed by atoms with Gasteiger partial charge in [0.25, 0.3) is 0 Å². The van der Waals surface area contributed by atoms with Crippen LogP contribution in [0.15, 0.2) is 0 Å². The fourth-order valence-corrected chi connectivity index (χ4v) is 2.48. The predicted octanol–water partition coefficient (Wildman–Crippen LogP) is 3.49. The van der Waals surface area contributed by atoms with Gasteiger partial charge in [-0.05, 0) is 19.3 Å². The van der Waals surface area contributed by atoms with E-state index in [2.05, 4.69) is 6.92 Å². The SMILES string of the molecule is CCCCCC(=O)C1(OC)CCCCC1. The minimum Gasteiger partial charge on any atom is -0.370 e. The van der Waals surface area contributed by atoms with E-state index in [1.54, 1.807) is 7.11 Å². The summed E-state index contributed by atoms with van der Waals surface area (Å²) >= 11 is 0. The maximum absolute atomic E-state index is 12.1. The Hall–Kier alpha value is -0.370. The van der Waals surface area contributed by atoms with E-state index in [0.29, 0.717) is 12.2 Å². The van der Waals surface area contributed by atoms with E-state index in [1.165, 1.54) is 12.8 Å². The minimum absolute atomic E-state index is 0.346. The minimum atomic E-state index is -0.411.